The van der Waals surface area contributed by atoms with Crippen LogP contribution in [0.15, 0.2) is 18.2 Å². The maximum Gasteiger partial charge on any atom is 0.303 e. The molecule has 18 heavy (non-hydrogen) atoms. The molecular formula is C12H13ClFNO3. The normalized spacial score (nSPS) is 10.1. The van der Waals surface area contributed by atoms with Gasteiger partial charge in [-0.2, -0.15) is 0 Å². The molecular weight excluding hydrogens is 261 g/mol. The van der Waals surface area contributed by atoms with Gasteiger partial charge in [-0.05, 0) is 31.0 Å². The molecule has 0 aliphatic rings. The van der Waals surface area contributed by atoms with E-state index in [9.17, 15) is 14.0 Å². The zero-order valence-electron chi connectivity index (χ0n) is 9.58. The molecule has 0 spiro atoms. The number of hydrogen-bond donors (Lipinski definition) is 2. The molecule has 98 valence electrons. The number of carbonyl (C=O) groups is 2. The Hall–Kier alpha value is -1.62. The molecule has 6 heteroatoms. The van der Waals surface area contributed by atoms with Crippen LogP contribution in [-0.4, -0.2) is 23.5 Å². The lowest BCUT2D eigenvalue weighted by atomic mass is 10.2. The first-order chi connectivity index (χ1) is 8.50. The molecule has 0 aliphatic carbocycles. The van der Waals surface area contributed by atoms with Gasteiger partial charge in [0.05, 0.1) is 5.02 Å². The predicted molar refractivity (Wildman–Crippen MR) is 65.2 cm³/mol. The van der Waals surface area contributed by atoms with Gasteiger partial charge < -0.3 is 10.4 Å². The van der Waals surface area contributed by atoms with Crippen molar-refractivity contribution in [1.82, 2.24) is 5.32 Å². The van der Waals surface area contributed by atoms with E-state index in [0.29, 0.717) is 19.4 Å². The largest absolute Gasteiger partial charge is 0.481 e. The van der Waals surface area contributed by atoms with Crippen LogP contribution in [0, 0.1) is 5.82 Å². The highest BCUT2D eigenvalue weighted by Crippen LogP contribution is 2.15. The molecule has 2 N–H and O–H groups in total. The molecule has 1 amide bonds. The zero-order chi connectivity index (χ0) is 13.5. The maximum absolute atomic E-state index is 12.9. The average Bonchev–Trinajstić information content (AvgIpc) is 2.31. The molecule has 0 aliphatic heterocycles. The van der Waals surface area contributed by atoms with Crippen molar-refractivity contribution in [2.45, 2.75) is 19.3 Å². The lowest BCUT2D eigenvalue weighted by molar-refractivity contribution is -0.137. The number of carbonyl (C=O) groups excluding carboxylic acids is 1. The number of halogens is 2. The van der Waals surface area contributed by atoms with Crippen LogP contribution in [0.25, 0.3) is 0 Å². The molecule has 0 atom stereocenters. The molecule has 0 bridgehead atoms. The van der Waals surface area contributed by atoms with Gasteiger partial charge in [0.2, 0.25) is 0 Å². The van der Waals surface area contributed by atoms with Crippen LogP contribution in [0.4, 0.5) is 4.39 Å². The van der Waals surface area contributed by atoms with E-state index in [-0.39, 0.29) is 22.9 Å². The molecule has 1 aromatic carbocycles. The van der Waals surface area contributed by atoms with Crippen molar-refractivity contribution in [3.63, 3.8) is 0 Å². The number of carboxylic acids is 1. The topological polar surface area (TPSA) is 66.4 Å². The summed E-state index contributed by atoms with van der Waals surface area (Å²) in [5.74, 6) is -1.78. The lowest BCUT2D eigenvalue weighted by Crippen LogP contribution is -2.24. The van der Waals surface area contributed by atoms with E-state index in [1.54, 1.807) is 0 Å². The van der Waals surface area contributed by atoms with Gasteiger partial charge >= 0.3 is 5.97 Å². The number of rotatable bonds is 6. The molecule has 0 fully saturated rings. The average molecular weight is 274 g/mol. The molecule has 0 aromatic heterocycles. The van der Waals surface area contributed by atoms with Crippen LogP contribution in [-0.2, 0) is 4.79 Å². The van der Waals surface area contributed by atoms with Gasteiger partial charge in [-0.25, -0.2) is 4.39 Å². The quantitative estimate of drug-likeness (QED) is 0.783. The predicted octanol–water partition coefficient (Wildman–Crippen LogP) is 2.46. The van der Waals surface area contributed by atoms with E-state index in [1.807, 2.05) is 0 Å². The van der Waals surface area contributed by atoms with Crippen molar-refractivity contribution in [3.05, 3.63) is 34.6 Å². The first-order valence-corrected chi connectivity index (χ1v) is 5.83. The van der Waals surface area contributed by atoms with Crippen molar-refractivity contribution in [1.29, 1.82) is 0 Å². The van der Waals surface area contributed by atoms with E-state index < -0.39 is 11.8 Å². The number of unbranched alkanes of at least 4 members (excludes halogenated alkanes) is 1. The molecule has 1 aromatic rings. The molecule has 0 saturated carbocycles. The van der Waals surface area contributed by atoms with E-state index in [1.165, 1.54) is 12.1 Å². The second-order valence-corrected chi connectivity index (χ2v) is 4.14. The van der Waals surface area contributed by atoms with E-state index in [4.69, 9.17) is 16.7 Å². The summed E-state index contributed by atoms with van der Waals surface area (Å²) in [6, 6.07) is 3.72. The molecule has 0 heterocycles. The first kappa shape index (κ1) is 14.4. The monoisotopic (exact) mass is 273 g/mol. The summed E-state index contributed by atoms with van der Waals surface area (Å²) in [5, 5.41) is 10.9. The SMILES string of the molecule is O=C(O)CCCCNC(=O)c1ccc(F)c(Cl)c1. The standard InChI is InChI=1S/C12H13ClFNO3/c13-9-7-8(4-5-10(9)14)12(18)15-6-2-1-3-11(16)17/h4-5,7H,1-3,6H2,(H,15,18)(H,16,17). The number of benzene rings is 1. The second kappa shape index (κ2) is 6.96. The Balaban J connectivity index is 2.36. The minimum atomic E-state index is -0.855. The smallest absolute Gasteiger partial charge is 0.303 e. The summed E-state index contributed by atoms with van der Waals surface area (Å²) in [6.07, 6.45) is 1.16. The number of aliphatic carboxylic acids is 1. The second-order valence-electron chi connectivity index (χ2n) is 3.74. The van der Waals surface area contributed by atoms with Gasteiger partial charge in [0.1, 0.15) is 5.82 Å². The summed E-state index contributed by atoms with van der Waals surface area (Å²) in [4.78, 5) is 21.8. The Morgan fingerprint density at radius 1 is 1.33 bits per heavy atom. The van der Waals surface area contributed by atoms with E-state index >= 15 is 0 Å². The summed E-state index contributed by atoms with van der Waals surface area (Å²) in [5.41, 5.74) is 0.277. The van der Waals surface area contributed by atoms with Gasteiger partial charge in [-0.3, -0.25) is 9.59 Å². The van der Waals surface area contributed by atoms with E-state index in [2.05, 4.69) is 5.32 Å². The van der Waals surface area contributed by atoms with Crippen LogP contribution in [0.2, 0.25) is 5.02 Å². The van der Waals surface area contributed by atoms with Crippen LogP contribution in [0.1, 0.15) is 29.6 Å². The van der Waals surface area contributed by atoms with Crippen molar-refractivity contribution in [2.75, 3.05) is 6.54 Å². The highest BCUT2D eigenvalue weighted by molar-refractivity contribution is 6.31. The van der Waals surface area contributed by atoms with Crippen LogP contribution in [0.5, 0.6) is 0 Å². The van der Waals surface area contributed by atoms with Gasteiger partial charge in [-0.15, -0.1) is 0 Å². The number of nitrogens with one attached hydrogen (secondary N) is 1. The highest BCUT2D eigenvalue weighted by Gasteiger charge is 2.08. The molecule has 0 unspecified atom stereocenters. The van der Waals surface area contributed by atoms with Crippen molar-refractivity contribution in [3.8, 4) is 0 Å². The van der Waals surface area contributed by atoms with Crippen molar-refractivity contribution < 1.29 is 19.1 Å². The minimum Gasteiger partial charge on any atom is -0.481 e. The number of hydrogen-bond acceptors (Lipinski definition) is 2. The highest BCUT2D eigenvalue weighted by atomic mass is 35.5. The van der Waals surface area contributed by atoms with Crippen molar-refractivity contribution in [2.24, 2.45) is 0 Å². The fraction of sp³-hybridized carbons (Fsp3) is 0.333. The van der Waals surface area contributed by atoms with Gasteiger partial charge in [0.25, 0.3) is 5.91 Å². The Labute approximate surface area is 109 Å². The van der Waals surface area contributed by atoms with Gasteiger partial charge in [0, 0.05) is 18.5 Å². The third-order valence-corrected chi connectivity index (χ3v) is 2.57. The maximum atomic E-state index is 12.9. The Kier molecular flexibility index (Phi) is 5.58. The third kappa shape index (κ3) is 4.71. The zero-order valence-corrected chi connectivity index (χ0v) is 10.3. The van der Waals surface area contributed by atoms with Gasteiger partial charge in [-0.1, -0.05) is 11.6 Å². The minimum absolute atomic E-state index is 0.0816. The summed E-state index contributed by atoms with van der Waals surface area (Å²) >= 11 is 5.56. The van der Waals surface area contributed by atoms with E-state index in [0.717, 1.165) is 6.07 Å². The molecule has 4 nitrogen and oxygen atoms in total. The third-order valence-electron chi connectivity index (χ3n) is 2.28. The molecule has 0 saturated heterocycles. The number of carboxylic acid groups (broad SMARTS) is 1. The van der Waals surface area contributed by atoms with Gasteiger partial charge in [0.15, 0.2) is 0 Å². The van der Waals surface area contributed by atoms with Crippen molar-refractivity contribution >= 4 is 23.5 Å². The van der Waals surface area contributed by atoms with Crippen LogP contribution < -0.4 is 5.32 Å². The number of amides is 1. The van der Waals surface area contributed by atoms with Crippen LogP contribution in [0.3, 0.4) is 0 Å². The fourth-order valence-electron chi connectivity index (χ4n) is 1.34. The Morgan fingerprint density at radius 3 is 2.67 bits per heavy atom. The molecule has 0 radical (unpaired) electrons. The Bertz CT molecular complexity index is 451. The summed E-state index contributed by atoms with van der Waals surface area (Å²) in [6.45, 7) is 0.376. The summed E-state index contributed by atoms with van der Waals surface area (Å²) in [7, 11) is 0. The lowest BCUT2D eigenvalue weighted by Gasteiger charge is -2.05. The van der Waals surface area contributed by atoms with Crippen LogP contribution >= 0.6 is 11.6 Å². The summed E-state index contributed by atoms with van der Waals surface area (Å²) < 4.78 is 12.9. The fourth-order valence-corrected chi connectivity index (χ4v) is 1.52. The first-order valence-electron chi connectivity index (χ1n) is 5.45. The molecule has 1 rings (SSSR count). The Morgan fingerprint density at radius 2 is 2.06 bits per heavy atom.